The van der Waals surface area contributed by atoms with Crippen molar-refractivity contribution in [2.75, 3.05) is 24.7 Å². The fourth-order valence-electron chi connectivity index (χ4n) is 5.59. The molecule has 0 unspecified atom stereocenters. The number of hydrogen-bond acceptors (Lipinski definition) is 7. The average molecular weight is 606 g/mol. The molecule has 5 heterocycles. The molecule has 0 aliphatic heterocycles. The van der Waals surface area contributed by atoms with Crippen molar-refractivity contribution >= 4 is 60.0 Å². The maximum Gasteiger partial charge on any atom is 0.255 e. The van der Waals surface area contributed by atoms with Crippen LogP contribution in [0, 0.1) is 6.92 Å². The highest BCUT2D eigenvalue weighted by molar-refractivity contribution is 7.92. The number of rotatable bonds is 5. The van der Waals surface area contributed by atoms with Gasteiger partial charge in [-0.15, -0.1) is 0 Å². The van der Waals surface area contributed by atoms with Gasteiger partial charge in [-0.25, -0.2) is 18.4 Å². The predicted molar refractivity (Wildman–Crippen MR) is 172 cm³/mol. The van der Waals surface area contributed by atoms with Crippen molar-refractivity contribution in [1.29, 1.82) is 0 Å². The number of anilines is 1. The van der Waals surface area contributed by atoms with Crippen molar-refractivity contribution < 1.29 is 22.7 Å². The van der Waals surface area contributed by atoms with Crippen molar-refractivity contribution in [1.82, 2.24) is 19.7 Å². The molecule has 2 N–H and O–H groups in total. The van der Waals surface area contributed by atoms with Gasteiger partial charge >= 0.3 is 0 Å². The molecule has 0 saturated heterocycles. The second-order valence-electron chi connectivity index (χ2n) is 10.8. The lowest BCUT2D eigenvalue weighted by Crippen LogP contribution is -2.25. The fraction of sp³-hybridized carbons (Fsp3) is 0.121. The minimum atomic E-state index is -3.69. The van der Waals surface area contributed by atoms with Gasteiger partial charge < -0.3 is 19.2 Å². The number of nitrogens with zero attached hydrogens (tertiary/aromatic N) is 4. The summed E-state index contributed by atoms with van der Waals surface area (Å²) in [6, 6.07) is 21.9. The summed E-state index contributed by atoms with van der Waals surface area (Å²) in [5.41, 5.74) is 6.68. The minimum Gasteiger partial charge on any atom is -0.493 e. The Hall–Kier alpha value is -5.42. The van der Waals surface area contributed by atoms with Gasteiger partial charge in [-0.1, -0.05) is 35.9 Å². The molecule has 5 aromatic heterocycles. The number of amides is 1. The highest BCUT2D eigenvalue weighted by Gasteiger charge is 2.26. The monoisotopic (exact) mass is 605 g/mol. The average Bonchev–Trinajstić information content (AvgIpc) is 3.57. The molecule has 0 atom stereocenters. The maximum atomic E-state index is 13.3. The second kappa shape index (κ2) is 9.81. The Bertz CT molecular complexity index is 2410. The van der Waals surface area contributed by atoms with E-state index >= 15 is 0 Å². The predicted octanol–water partition coefficient (Wildman–Crippen LogP) is 5.89. The summed E-state index contributed by atoms with van der Waals surface area (Å²) in [5, 5.41) is 14.0. The molecule has 10 nitrogen and oxygen atoms in total. The molecule has 0 spiro atoms. The Kier molecular flexibility index (Phi) is 6.12. The molecule has 220 valence electrons. The molecule has 7 rings (SSSR count). The third kappa shape index (κ3) is 4.32. The summed E-state index contributed by atoms with van der Waals surface area (Å²) in [6.45, 7) is 1.98. The van der Waals surface area contributed by atoms with E-state index in [2.05, 4.69) is 10.3 Å². The zero-order valence-electron chi connectivity index (χ0n) is 24.3. The smallest absolute Gasteiger partial charge is 0.255 e. The van der Waals surface area contributed by atoms with Crippen LogP contribution >= 0.6 is 0 Å². The first-order valence-electron chi connectivity index (χ1n) is 13.8. The summed E-state index contributed by atoms with van der Waals surface area (Å²) in [7, 11) is -0.659. The SMILES string of the molecule is CNC(=O)c1c(-c2ccc(C)cc2)oc2cc(N(C)S(C)(=O)=O)c(-c3ccc4ccn5c6ccc(O)nc6cc5c4n3)cc12. The summed E-state index contributed by atoms with van der Waals surface area (Å²) in [6.07, 6.45) is 3.05. The number of carbonyl (C=O) groups is 1. The van der Waals surface area contributed by atoms with Crippen molar-refractivity contribution in [2.24, 2.45) is 0 Å². The van der Waals surface area contributed by atoms with Gasteiger partial charge in [0, 0.05) is 54.3 Å². The van der Waals surface area contributed by atoms with Crippen LogP contribution in [0.1, 0.15) is 15.9 Å². The molecular formula is C33H27N5O5S. The van der Waals surface area contributed by atoms with Gasteiger partial charge in [0.25, 0.3) is 5.91 Å². The molecule has 0 aliphatic carbocycles. The Morgan fingerprint density at radius 3 is 2.48 bits per heavy atom. The minimum absolute atomic E-state index is 0.0786. The van der Waals surface area contributed by atoms with E-state index in [0.717, 1.165) is 33.8 Å². The first kappa shape index (κ1) is 27.4. The highest BCUT2D eigenvalue weighted by atomic mass is 32.2. The largest absolute Gasteiger partial charge is 0.493 e. The number of nitrogens with one attached hydrogen (secondary N) is 1. The lowest BCUT2D eigenvalue weighted by Gasteiger charge is -2.20. The van der Waals surface area contributed by atoms with E-state index in [-0.39, 0.29) is 11.8 Å². The molecule has 0 aliphatic rings. The van der Waals surface area contributed by atoms with Crippen LogP contribution in [0.5, 0.6) is 5.88 Å². The fourth-order valence-corrected chi connectivity index (χ4v) is 6.10. The van der Waals surface area contributed by atoms with Gasteiger partial charge in [-0.2, -0.15) is 0 Å². The highest BCUT2D eigenvalue weighted by Crippen LogP contribution is 2.41. The molecule has 1 amide bonds. The quantitative estimate of drug-likeness (QED) is 0.250. The topological polar surface area (TPSA) is 130 Å². The Morgan fingerprint density at radius 2 is 1.75 bits per heavy atom. The van der Waals surface area contributed by atoms with E-state index in [0.29, 0.717) is 50.3 Å². The number of pyridine rings is 3. The number of aryl methyl sites for hydroxylation is 1. The summed E-state index contributed by atoms with van der Waals surface area (Å²) < 4.78 is 35.1. The van der Waals surface area contributed by atoms with E-state index in [1.54, 1.807) is 25.2 Å². The molecule has 0 bridgehead atoms. The number of aromatic hydroxyl groups is 1. The van der Waals surface area contributed by atoms with Gasteiger partial charge in [-0.3, -0.25) is 9.10 Å². The van der Waals surface area contributed by atoms with Crippen LogP contribution < -0.4 is 9.62 Å². The normalized spacial score (nSPS) is 12.0. The Labute approximate surface area is 252 Å². The summed E-state index contributed by atoms with van der Waals surface area (Å²) in [5.74, 6) is -0.0308. The number of fused-ring (bicyclic) bond motifs is 6. The van der Waals surface area contributed by atoms with Crippen molar-refractivity contribution in [3.05, 3.63) is 90.1 Å². The maximum absolute atomic E-state index is 13.3. The lowest BCUT2D eigenvalue weighted by molar-refractivity contribution is 0.0964. The Balaban J connectivity index is 1.54. The van der Waals surface area contributed by atoms with Crippen LogP contribution in [0.15, 0.2) is 83.4 Å². The molecule has 44 heavy (non-hydrogen) atoms. The van der Waals surface area contributed by atoms with Gasteiger partial charge in [0.05, 0.1) is 45.3 Å². The van der Waals surface area contributed by atoms with E-state index in [9.17, 15) is 18.3 Å². The standard InChI is InChI=1S/C33H27N5O5S/c1-18-5-7-20(8-6-18)32-30(33(40)34-2)22-15-21(26(17-28(22)43-32)37(3)44(4,41)42)23-10-9-19-13-14-38-25-11-12-29(39)35-24(25)16-27(38)31(19)36-23/h5-17H,1-4H3,(H,34,40)(H,35,39). The molecule has 0 saturated carbocycles. The molecule has 7 aromatic rings. The van der Waals surface area contributed by atoms with Crippen LogP contribution in [-0.2, 0) is 10.0 Å². The van der Waals surface area contributed by atoms with Crippen LogP contribution in [-0.4, -0.2) is 54.2 Å². The van der Waals surface area contributed by atoms with Gasteiger partial charge in [-0.05, 0) is 37.3 Å². The third-order valence-electron chi connectivity index (χ3n) is 7.94. The number of carbonyl (C=O) groups excluding carboxylic acids is 1. The Morgan fingerprint density at radius 1 is 0.977 bits per heavy atom. The van der Waals surface area contributed by atoms with Gasteiger partial charge in [0.15, 0.2) is 0 Å². The molecule has 2 aromatic carbocycles. The van der Waals surface area contributed by atoms with Gasteiger partial charge in [0.2, 0.25) is 15.9 Å². The molecule has 0 radical (unpaired) electrons. The van der Waals surface area contributed by atoms with E-state index in [1.807, 2.05) is 66.1 Å². The second-order valence-corrected chi connectivity index (χ2v) is 12.8. The van der Waals surface area contributed by atoms with E-state index < -0.39 is 10.0 Å². The third-order valence-corrected chi connectivity index (χ3v) is 9.13. The first-order chi connectivity index (χ1) is 21.0. The zero-order valence-corrected chi connectivity index (χ0v) is 25.1. The number of hydrogen-bond donors (Lipinski definition) is 2. The number of furan rings is 1. The summed E-state index contributed by atoms with van der Waals surface area (Å²) >= 11 is 0. The van der Waals surface area contributed by atoms with Crippen molar-refractivity contribution in [3.8, 4) is 28.5 Å². The van der Waals surface area contributed by atoms with E-state index in [4.69, 9.17) is 9.40 Å². The lowest BCUT2D eigenvalue weighted by atomic mass is 10.00. The van der Waals surface area contributed by atoms with Crippen LogP contribution in [0.25, 0.3) is 61.0 Å². The number of sulfonamides is 1. The molecule has 0 fully saturated rings. The van der Waals surface area contributed by atoms with Crippen molar-refractivity contribution in [3.63, 3.8) is 0 Å². The zero-order chi connectivity index (χ0) is 30.9. The van der Waals surface area contributed by atoms with Crippen molar-refractivity contribution in [2.45, 2.75) is 6.92 Å². The van der Waals surface area contributed by atoms with Crippen LogP contribution in [0.4, 0.5) is 5.69 Å². The van der Waals surface area contributed by atoms with Gasteiger partial charge in [0.1, 0.15) is 11.3 Å². The molecule has 11 heteroatoms. The first-order valence-corrected chi connectivity index (χ1v) is 15.6. The summed E-state index contributed by atoms with van der Waals surface area (Å²) in [4.78, 5) is 22.6. The van der Waals surface area contributed by atoms with E-state index in [1.165, 1.54) is 17.4 Å². The number of aromatic nitrogens is 3. The molecular weight excluding hydrogens is 578 g/mol. The number of benzene rings is 2. The van der Waals surface area contributed by atoms with Crippen LogP contribution in [0.3, 0.4) is 0 Å². The van der Waals surface area contributed by atoms with Crippen LogP contribution in [0.2, 0.25) is 0 Å².